The summed E-state index contributed by atoms with van der Waals surface area (Å²) in [5.74, 6) is -3.51. The van der Waals surface area contributed by atoms with Crippen LogP contribution in [-0.2, 0) is 10.2 Å². The minimum absolute atomic E-state index is 0. The lowest BCUT2D eigenvalue weighted by Gasteiger charge is -2.27. The van der Waals surface area contributed by atoms with Crippen molar-refractivity contribution in [2.24, 2.45) is 5.73 Å². The van der Waals surface area contributed by atoms with E-state index in [1.807, 2.05) is 31.2 Å². The van der Waals surface area contributed by atoms with Gasteiger partial charge in [-0.15, -0.1) is 12.4 Å². The molecule has 3 N–H and O–H groups in total. The summed E-state index contributed by atoms with van der Waals surface area (Å²) < 4.78 is 26.1. The summed E-state index contributed by atoms with van der Waals surface area (Å²) in [6.45, 7) is 3.80. The van der Waals surface area contributed by atoms with E-state index in [-0.39, 0.29) is 12.4 Å². The second-order valence-corrected chi connectivity index (χ2v) is 5.18. The molecule has 0 saturated carbocycles. The van der Waals surface area contributed by atoms with E-state index in [4.69, 9.17) is 5.73 Å². The Balaban J connectivity index is 0.00000361. The highest BCUT2D eigenvalue weighted by Gasteiger charge is 2.34. The van der Waals surface area contributed by atoms with Gasteiger partial charge >= 0.3 is 0 Å². The standard InChI is InChI=1S/C14H20F2N2O.ClH/c1-10-6-4-5-7-11(10)13(2,3)12(19)18-9-14(15,16)8-17;/h4-7H,8-9,17H2,1-3H3,(H,18,19);1H. The highest BCUT2D eigenvalue weighted by molar-refractivity contribution is 5.87. The molecule has 1 amide bonds. The number of nitrogens with one attached hydrogen (secondary N) is 1. The lowest BCUT2D eigenvalue weighted by molar-refractivity contribution is -0.127. The Morgan fingerprint density at radius 1 is 1.30 bits per heavy atom. The molecule has 1 aromatic carbocycles. The van der Waals surface area contributed by atoms with E-state index in [9.17, 15) is 13.6 Å². The van der Waals surface area contributed by atoms with Gasteiger partial charge in [0.1, 0.15) is 0 Å². The molecule has 0 spiro atoms. The zero-order valence-corrected chi connectivity index (χ0v) is 12.7. The molecule has 0 fully saturated rings. The van der Waals surface area contributed by atoms with Gasteiger partial charge in [-0.2, -0.15) is 0 Å². The van der Waals surface area contributed by atoms with E-state index in [2.05, 4.69) is 5.32 Å². The van der Waals surface area contributed by atoms with Gasteiger partial charge in [0.15, 0.2) is 0 Å². The van der Waals surface area contributed by atoms with Crippen molar-refractivity contribution in [1.29, 1.82) is 0 Å². The van der Waals surface area contributed by atoms with Crippen LogP contribution in [0.2, 0.25) is 0 Å². The predicted molar refractivity (Wildman–Crippen MR) is 78.5 cm³/mol. The minimum atomic E-state index is -3.07. The number of halogens is 3. The monoisotopic (exact) mass is 306 g/mol. The van der Waals surface area contributed by atoms with Gasteiger partial charge in [0, 0.05) is 0 Å². The molecular weight excluding hydrogens is 286 g/mol. The van der Waals surface area contributed by atoms with Crippen molar-refractivity contribution in [1.82, 2.24) is 5.32 Å². The van der Waals surface area contributed by atoms with Crippen molar-refractivity contribution >= 4 is 18.3 Å². The zero-order valence-electron chi connectivity index (χ0n) is 11.9. The number of benzene rings is 1. The third-order valence-corrected chi connectivity index (χ3v) is 3.19. The minimum Gasteiger partial charge on any atom is -0.349 e. The van der Waals surface area contributed by atoms with E-state index in [0.717, 1.165) is 11.1 Å². The number of rotatable bonds is 5. The third kappa shape index (κ3) is 4.42. The molecule has 114 valence electrons. The normalized spacial score (nSPS) is 11.7. The maximum Gasteiger partial charge on any atom is 0.277 e. The van der Waals surface area contributed by atoms with Crippen molar-refractivity contribution in [2.45, 2.75) is 32.1 Å². The molecule has 0 unspecified atom stereocenters. The lowest BCUT2D eigenvalue weighted by atomic mass is 9.81. The molecule has 1 aromatic rings. The Morgan fingerprint density at radius 2 is 1.85 bits per heavy atom. The average molecular weight is 307 g/mol. The summed E-state index contributed by atoms with van der Waals surface area (Å²) in [5.41, 5.74) is 5.85. The van der Waals surface area contributed by atoms with Gasteiger partial charge in [0.05, 0.1) is 18.5 Å². The van der Waals surface area contributed by atoms with Crippen molar-refractivity contribution < 1.29 is 13.6 Å². The second-order valence-electron chi connectivity index (χ2n) is 5.18. The molecule has 0 atom stereocenters. The van der Waals surface area contributed by atoms with E-state index in [1.165, 1.54) is 0 Å². The first-order chi connectivity index (χ1) is 8.70. The van der Waals surface area contributed by atoms with Crippen molar-refractivity contribution in [2.75, 3.05) is 13.1 Å². The summed E-state index contributed by atoms with van der Waals surface area (Å²) in [6.07, 6.45) is 0. The van der Waals surface area contributed by atoms with Gasteiger partial charge < -0.3 is 11.1 Å². The van der Waals surface area contributed by atoms with Gasteiger partial charge in [-0.1, -0.05) is 24.3 Å². The van der Waals surface area contributed by atoms with E-state index in [0.29, 0.717) is 0 Å². The number of aryl methyl sites for hydroxylation is 1. The van der Waals surface area contributed by atoms with Gasteiger partial charge in [0.2, 0.25) is 5.91 Å². The maximum atomic E-state index is 13.0. The molecule has 6 heteroatoms. The van der Waals surface area contributed by atoms with Crippen LogP contribution in [0.15, 0.2) is 24.3 Å². The molecule has 0 radical (unpaired) electrons. The Morgan fingerprint density at radius 3 is 2.35 bits per heavy atom. The largest absolute Gasteiger partial charge is 0.349 e. The van der Waals surface area contributed by atoms with Crippen LogP contribution in [-0.4, -0.2) is 24.9 Å². The van der Waals surface area contributed by atoms with Crippen molar-refractivity contribution in [3.8, 4) is 0 Å². The summed E-state index contributed by atoms with van der Waals surface area (Å²) >= 11 is 0. The molecule has 20 heavy (non-hydrogen) atoms. The van der Waals surface area contributed by atoms with Crippen LogP contribution in [0.5, 0.6) is 0 Å². The SMILES string of the molecule is Cc1ccccc1C(C)(C)C(=O)NCC(F)(F)CN.Cl. The fraction of sp³-hybridized carbons (Fsp3) is 0.500. The van der Waals surface area contributed by atoms with Gasteiger partial charge in [-0.25, -0.2) is 8.78 Å². The molecular formula is C14H21ClF2N2O. The van der Waals surface area contributed by atoms with Crippen LogP contribution in [0, 0.1) is 6.92 Å². The van der Waals surface area contributed by atoms with E-state index >= 15 is 0 Å². The Bertz CT molecular complexity index is 464. The first-order valence-electron chi connectivity index (χ1n) is 6.13. The zero-order chi connectivity index (χ0) is 14.7. The predicted octanol–water partition coefficient (Wildman–Crippen LogP) is 2.40. The van der Waals surface area contributed by atoms with Crippen LogP contribution in [0.25, 0.3) is 0 Å². The summed E-state index contributed by atoms with van der Waals surface area (Å²) in [4.78, 5) is 12.1. The van der Waals surface area contributed by atoms with Gasteiger partial charge in [-0.3, -0.25) is 4.79 Å². The highest BCUT2D eigenvalue weighted by Crippen LogP contribution is 2.26. The topological polar surface area (TPSA) is 55.1 Å². The van der Waals surface area contributed by atoms with Crippen molar-refractivity contribution in [3.05, 3.63) is 35.4 Å². The fourth-order valence-corrected chi connectivity index (χ4v) is 1.90. The first kappa shape index (κ1) is 18.8. The fourth-order valence-electron chi connectivity index (χ4n) is 1.90. The number of carbonyl (C=O) groups excluding carboxylic acids is 1. The summed E-state index contributed by atoms with van der Waals surface area (Å²) in [7, 11) is 0. The molecule has 0 heterocycles. The molecule has 0 aliphatic heterocycles. The summed E-state index contributed by atoms with van der Waals surface area (Å²) in [6, 6.07) is 7.41. The number of nitrogens with two attached hydrogens (primary N) is 1. The average Bonchev–Trinajstić information content (AvgIpc) is 2.36. The molecule has 0 aromatic heterocycles. The van der Waals surface area contributed by atoms with Gasteiger partial charge in [-0.05, 0) is 31.9 Å². The number of alkyl halides is 2. The lowest BCUT2D eigenvalue weighted by Crippen LogP contribution is -2.47. The molecule has 0 aliphatic rings. The Hall–Kier alpha value is -1.20. The van der Waals surface area contributed by atoms with Crippen LogP contribution in [0.3, 0.4) is 0 Å². The quantitative estimate of drug-likeness (QED) is 0.877. The van der Waals surface area contributed by atoms with Crippen LogP contribution in [0.4, 0.5) is 8.78 Å². The van der Waals surface area contributed by atoms with Crippen LogP contribution in [0.1, 0.15) is 25.0 Å². The number of amides is 1. The Labute approximate surface area is 124 Å². The molecule has 1 rings (SSSR count). The van der Waals surface area contributed by atoms with E-state index in [1.54, 1.807) is 13.8 Å². The molecule has 3 nitrogen and oxygen atoms in total. The smallest absolute Gasteiger partial charge is 0.277 e. The van der Waals surface area contributed by atoms with Crippen molar-refractivity contribution in [3.63, 3.8) is 0 Å². The molecule has 0 saturated heterocycles. The number of hydrogen-bond acceptors (Lipinski definition) is 2. The number of hydrogen-bond donors (Lipinski definition) is 2. The molecule has 0 bridgehead atoms. The maximum absolute atomic E-state index is 13.0. The van der Waals surface area contributed by atoms with Crippen LogP contribution >= 0.6 is 12.4 Å². The van der Waals surface area contributed by atoms with Crippen LogP contribution < -0.4 is 11.1 Å². The first-order valence-corrected chi connectivity index (χ1v) is 6.13. The molecule has 0 aliphatic carbocycles. The van der Waals surface area contributed by atoms with Gasteiger partial charge in [0.25, 0.3) is 5.92 Å². The second kappa shape index (κ2) is 6.99. The highest BCUT2D eigenvalue weighted by atomic mass is 35.5. The van der Waals surface area contributed by atoms with E-state index < -0.39 is 30.3 Å². The Kier molecular flexibility index (Phi) is 6.58. The number of carbonyl (C=O) groups is 1. The summed E-state index contributed by atoms with van der Waals surface area (Å²) in [5, 5.41) is 2.27. The third-order valence-electron chi connectivity index (χ3n) is 3.19.